The molecule has 1 unspecified atom stereocenters. The molecule has 0 amide bonds. The molecule has 0 aliphatic carbocycles. The fourth-order valence-electron chi connectivity index (χ4n) is 1.84. The highest BCUT2D eigenvalue weighted by atomic mass is 15.3. The first kappa shape index (κ1) is 13.0. The molecule has 0 saturated heterocycles. The molecule has 0 aliphatic heterocycles. The van der Waals surface area contributed by atoms with E-state index < -0.39 is 0 Å². The zero-order chi connectivity index (χ0) is 12.0. The third kappa shape index (κ3) is 3.20. The van der Waals surface area contributed by atoms with Crippen molar-refractivity contribution in [2.24, 2.45) is 7.05 Å². The lowest BCUT2D eigenvalue weighted by Crippen LogP contribution is -2.23. The lowest BCUT2D eigenvalue weighted by atomic mass is 10.1. The van der Waals surface area contributed by atoms with Crippen LogP contribution in [0.25, 0.3) is 0 Å². The first-order valence-electron chi connectivity index (χ1n) is 6.10. The lowest BCUT2D eigenvalue weighted by Gasteiger charge is -2.16. The molecule has 1 N–H and O–H groups in total. The molecule has 0 radical (unpaired) electrons. The van der Waals surface area contributed by atoms with Crippen LogP contribution in [0.1, 0.15) is 44.1 Å². The first-order valence-corrected chi connectivity index (χ1v) is 6.10. The Balaban J connectivity index is 2.81. The average molecular weight is 221 g/mol. The van der Waals surface area contributed by atoms with Gasteiger partial charge in [-0.25, -0.2) is 0 Å². The van der Waals surface area contributed by atoms with Crippen molar-refractivity contribution < 1.29 is 0 Å². The zero-order valence-corrected chi connectivity index (χ0v) is 10.7. The molecule has 3 nitrogen and oxygen atoms in total. The summed E-state index contributed by atoms with van der Waals surface area (Å²) in [5.41, 5.74) is 2.41. The Labute approximate surface area is 98.5 Å². The van der Waals surface area contributed by atoms with Crippen molar-refractivity contribution in [3.8, 4) is 0 Å². The van der Waals surface area contributed by atoms with E-state index in [1.165, 1.54) is 5.69 Å². The Kier molecular flexibility index (Phi) is 5.26. The van der Waals surface area contributed by atoms with Crippen LogP contribution < -0.4 is 5.32 Å². The fourth-order valence-corrected chi connectivity index (χ4v) is 1.84. The average Bonchev–Trinajstić information content (AvgIpc) is 2.66. The molecule has 90 valence electrons. The third-order valence-corrected chi connectivity index (χ3v) is 2.73. The number of aromatic nitrogens is 2. The zero-order valence-electron chi connectivity index (χ0n) is 10.7. The molecule has 0 aromatic carbocycles. The van der Waals surface area contributed by atoms with E-state index in [2.05, 4.69) is 36.9 Å². The summed E-state index contributed by atoms with van der Waals surface area (Å²) in [6, 6.07) is 2.53. The maximum Gasteiger partial charge on any atom is 0.0625 e. The second kappa shape index (κ2) is 6.48. The molecule has 0 aliphatic rings. The van der Waals surface area contributed by atoms with Crippen LogP contribution in [-0.4, -0.2) is 16.3 Å². The Hall–Kier alpha value is -1.09. The van der Waals surface area contributed by atoms with Crippen LogP contribution >= 0.6 is 0 Å². The van der Waals surface area contributed by atoms with Crippen molar-refractivity contribution in [1.29, 1.82) is 0 Å². The Morgan fingerprint density at radius 3 is 2.81 bits per heavy atom. The largest absolute Gasteiger partial charge is 0.308 e. The number of hydrogen-bond acceptors (Lipinski definition) is 2. The number of rotatable bonds is 7. The van der Waals surface area contributed by atoms with Gasteiger partial charge in [-0.3, -0.25) is 4.68 Å². The molecule has 1 aromatic rings. The number of hydrogen-bond donors (Lipinski definition) is 1. The van der Waals surface area contributed by atoms with E-state index in [0.717, 1.165) is 31.5 Å². The number of nitrogens with zero attached hydrogens (tertiary/aromatic N) is 2. The van der Waals surface area contributed by atoms with Crippen LogP contribution in [0.3, 0.4) is 0 Å². The van der Waals surface area contributed by atoms with Gasteiger partial charge in [0.25, 0.3) is 0 Å². The van der Waals surface area contributed by atoms with Crippen LogP contribution in [0.2, 0.25) is 0 Å². The highest BCUT2D eigenvalue weighted by Crippen LogP contribution is 2.18. The minimum atomic E-state index is 0.343. The van der Waals surface area contributed by atoms with Crippen molar-refractivity contribution in [3.05, 3.63) is 30.1 Å². The minimum Gasteiger partial charge on any atom is -0.308 e. The monoisotopic (exact) mass is 221 g/mol. The topological polar surface area (TPSA) is 29.9 Å². The molecule has 0 saturated carbocycles. The molecule has 1 aromatic heterocycles. The summed E-state index contributed by atoms with van der Waals surface area (Å²) in [6.07, 6.45) is 5.04. The second-order valence-electron chi connectivity index (χ2n) is 4.07. The lowest BCUT2D eigenvalue weighted by molar-refractivity contribution is 0.500. The van der Waals surface area contributed by atoms with Gasteiger partial charge in [-0.15, -0.1) is 6.58 Å². The summed E-state index contributed by atoms with van der Waals surface area (Å²) in [4.78, 5) is 0. The molecular formula is C13H23N3. The molecule has 16 heavy (non-hydrogen) atoms. The summed E-state index contributed by atoms with van der Waals surface area (Å²) >= 11 is 0. The molecule has 3 heteroatoms. The van der Waals surface area contributed by atoms with Gasteiger partial charge in [-0.2, -0.15) is 5.10 Å². The van der Waals surface area contributed by atoms with Crippen molar-refractivity contribution in [3.63, 3.8) is 0 Å². The standard InChI is InChI=1S/C13H23N3/c1-5-8-12(14-9-6-2)13-10-11(7-3)15-16(13)4/h5,10,12,14H,1,6-9H2,2-4H3. The van der Waals surface area contributed by atoms with Crippen LogP contribution in [0.4, 0.5) is 0 Å². The summed E-state index contributed by atoms with van der Waals surface area (Å²) in [7, 11) is 2.01. The van der Waals surface area contributed by atoms with Crippen molar-refractivity contribution in [1.82, 2.24) is 15.1 Å². The molecule has 1 rings (SSSR count). The Bertz CT molecular complexity index is 328. The first-order chi connectivity index (χ1) is 7.72. The number of aryl methyl sites for hydroxylation is 2. The van der Waals surface area contributed by atoms with E-state index in [1.54, 1.807) is 0 Å². The van der Waals surface area contributed by atoms with E-state index >= 15 is 0 Å². The van der Waals surface area contributed by atoms with Crippen LogP contribution in [-0.2, 0) is 13.5 Å². The van der Waals surface area contributed by atoms with Crippen molar-refractivity contribution >= 4 is 0 Å². The van der Waals surface area contributed by atoms with Gasteiger partial charge in [-0.1, -0.05) is 19.9 Å². The van der Waals surface area contributed by atoms with Gasteiger partial charge < -0.3 is 5.32 Å². The third-order valence-electron chi connectivity index (χ3n) is 2.73. The summed E-state index contributed by atoms with van der Waals surface area (Å²) in [5.74, 6) is 0. The summed E-state index contributed by atoms with van der Waals surface area (Å²) in [5, 5.41) is 8.02. The van der Waals surface area contributed by atoms with E-state index in [9.17, 15) is 0 Å². The van der Waals surface area contributed by atoms with Crippen LogP contribution in [0, 0.1) is 0 Å². The smallest absolute Gasteiger partial charge is 0.0625 e. The van der Waals surface area contributed by atoms with E-state index in [0.29, 0.717) is 6.04 Å². The predicted molar refractivity (Wildman–Crippen MR) is 68.4 cm³/mol. The van der Waals surface area contributed by atoms with Gasteiger partial charge in [-0.05, 0) is 31.9 Å². The van der Waals surface area contributed by atoms with E-state index in [-0.39, 0.29) is 0 Å². The molecule has 0 fully saturated rings. The van der Waals surface area contributed by atoms with Crippen LogP contribution in [0.15, 0.2) is 18.7 Å². The second-order valence-corrected chi connectivity index (χ2v) is 4.07. The van der Waals surface area contributed by atoms with E-state index in [1.807, 2.05) is 17.8 Å². The maximum atomic E-state index is 4.48. The molecule has 0 spiro atoms. The van der Waals surface area contributed by atoms with Gasteiger partial charge in [0.15, 0.2) is 0 Å². The summed E-state index contributed by atoms with van der Waals surface area (Å²) in [6.45, 7) is 9.17. The SMILES string of the molecule is C=CCC(NCCC)c1cc(CC)nn1C. The normalized spacial score (nSPS) is 12.7. The van der Waals surface area contributed by atoms with Crippen molar-refractivity contribution in [2.45, 2.75) is 39.2 Å². The van der Waals surface area contributed by atoms with Crippen LogP contribution in [0.5, 0.6) is 0 Å². The van der Waals surface area contributed by atoms with E-state index in [4.69, 9.17) is 0 Å². The Morgan fingerprint density at radius 2 is 2.31 bits per heavy atom. The maximum absolute atomic E-state index is 4.48. The highest BCUT2D eigenvalue weighted by molar-refractivity contribution is 5.15. The molecule has 1 atom stereocenters. The van der Waals surface area contributed by atoms with Gasteiger partial charge in [0.1, 0.15) is 0 Å². The van der Waals surface area contributed by atoms with Gasteiger partial charge in [0, 0.05) is 7.05 Å². The summed E-state index contributed by atoms with van der Waals surface area (Å²) < 4.78 is 1.98. The predicted octanol–water partition coefficient (Wildman–Crippen LogP) is 2.60. The quantitative estimate of drug-likeness (QED) is 0.717. The molecule has 1 heterocycles. The minimum absolute atomic E-state index is 0.343. The highest BCUT2D eigenvalue weighted by Gasteiger charge is 2.14. The van der Waals surface area contributed by atoms with Gasteiger partial charge in [0.2, 0.25) is 0 Å². The van der Waals surface area contributed by atoms with Crippen molar-refractivity contribution in [2.75, 3.05) is 6.54 Å². The number of nitrogens with one attached hydrogen (secondary N) is 1. The van der Waals surface area contributed by atoms with Gasteiger partial charge >= 0.3 is 0 Å². The van der Waals surface area contributed by atoms with Gasteiger partial charge in [0.05, 0.1) is 17.4 Å². The molecular weight excluding hydrogens is 198 g/mol. The molecule has 0 bridgehead atoms. The Morgan fingerprint density at radius 1 is 1.56 bits per heavy atom. The fraction of sp³-hybridized carbons (Fsp3) is 0.615.